The second-order valence-electron chi connectivity index (χ2n) is 18.6. The highest BCUT2D eigenvalue weighted by molar-refractivity contribution is 6.32. The zero-order valence-electron chi connectivity index (χ0n) is 35.6. The number of piperidine rings is 3. The van der Waals surface area contributed by atoms with Gasteiger partial charge in [-0.25, -0.2) is 4.79 Å². The zero-order valence-corrected chi connectivity index (χ0v) is 36.4. The van der Waals surface area contributed by atoms with Gasteiger partial charge in [-0.2, -0.15) is 5.26 Å². The molecule has 0 aliphatic carbocycles. The van der Waals surface area contributed by atoms with Crippen LogP contribution in [0.2, 0.25) is 5.02 Å². The molecule has 0 bridgehead atoms. The van der Waals surface area contributed by atoms with Gasteiger partial charge in [-0.3, -0.25) is 24.7 Å². The number of anilines is 4. The van der Waals surface area contributed by atoms with E-state index >= 15 is 0 Å². The summed E-state index contributed by atoms with van der Waals surface area (Å²) < 4.78 is 0. The first-order valence-corrected chi connectivity index (χ1v) is 23.0. The molecule has 13 heteroatoms. The predicted molar refractivity (Wildman–Crippen MR) is 242 cm³/mol. The summed E-state index contributed by atoms with van der Waals surface area (Å²) in [6.07, 6.45) is 8.34. The zero-order chi connectivity index (χ0) is 42.1. The number of hydrogen-bond acceptors (Lipinski definition) is 9. The third-order valence-electron chi connectivity index (χ3n) is 14.9. The molecule has 0 aromatic heterocycles. The number of nitrogens with zero attached hydrogens (tertiary/aromatic N) is 8. The highest BCUT2D eigenvalue weighted by atomic mass is 35.5. The van der Waals surface area contributed by atoms with Crippen LogP contribution in [0.4, 0.5) is 27.5 Å². The molecule has 6 heterocycles. The first kappa shape index (κ1) is 41.5. The van der Waals surface area contributed by atoms with Crippen LogP contribution in [0, 0.1) is 22.7 Å². The summed E-state index contributed by atoms with van der Waals surface area (Å²) in [4.78, 5) is 53.8. The second-order valence-corrected chi connectivity index (χ2v) is 19.0. The highest BCUT2D eigenvalue weighted by Crippen LogP contribution is 2.46. The van der Waals surface area contributed by atoms with Crippen LogP contribution in [0.25, 0.3) is 0 Å². The standard InChI is InChI=1S/C48H60ClN9O3/c1-35-31-48(34-58(35)43-7-4-38(32-50)44(49)30-43)17-24-53(25-18-48)39-5-2-37(3-6-39)46(60)56-21-12-36(13-22-56)33-52-19-14-41(15-20-52)55-28-26-54(27-29-55)40-8-10-42(11-9-40)57-23-16-45(59)51-47(57)61/h2-11,30,35-36,41H,12-29,31,33-34H2,1H3,(H,51,59,61)/t35-/m1/s1. The summed E-state index contributed by atoms with van der Waals surface area (Å²) >= 11 is 6.39. The molecule has 6 saturated heterocycles. The van der Waals surface area contributed by atoms with Crippen molar-refractivity contribution < 1.29 is 14.4 Å². The Morgan fingerprint density at radius 1 is 0.770 bits per heavy atom. The molecule has 4 amide bonds. The number of benzene rings is 3. The number of amides is 4. The topological polar surface area (TPSA) is 110 Å². The molecule has 0 unspecified atom stereocenters. The molecule has 12 nitrogen and oxygen atoms in total. The molecule has 1 atom stereocenters. The van der Waals surface area contributed by atoms with Crippen molar-refractivity contribution in [1.29, 1.82) is 5.26 Å². The molecular formula is C48H60ClN9O3. The normalized spacial score (nSPS) is 23.4. The van der Waals surface area contributed by atoms with Gasteiger partial charge in [0.1, 0.15) is 6.07 Å². The maximum Gasteiger partial charge on any atom is 0.328 e. The largest absolute Gasteiger partial charge is 0.371 e. The Labute approximate surface area is 366 Å². The lowest BCUT2D eigenvalue weighted by Crippen LogP contribution is -2.53. The Morgan fingerprint density at radius 3 is 2.03 bits per heavy atom. The van der Waals surface area contributed by atoms with Crippen LogP contribution in [0.3, 0.4) is 0 Å². The fourth-order valence-corrected chi connectivity index (χ4v) is 11.4. The van der Waals surface area contributed by atoms with Gasteiger partial charge in [0.2, 0.25) is 5.91 Å². The van der Waals surface area contributed by atoms with Crippen LogP contribution < -0.4 is 24.9 Å². The van der Waals surface area contributed by atoms with E-state index in [1.54, 1.807) is 4.90 Å². The minimum atomic E-state index is -0.344. The minimum absolute atomic E-state index is 0.161. The maximum absolute atomic E-state index is 13.6. The minimum Gasteiger partial charge on any atom is -0.371 e. The monoisotopic (exact) mass is 845 g/mol. The first-order chi connectivity index (χ1) is 29.6. The lowest BCUT2D eigenvalue weighted by molar-refractivity contribution is -0.120. The Balaban J connectivity index is 0.674. The van der Waals surface area contributed by atoms with E-state index in [9.17, 15) is 19.6 Å². The third-order valence-corrected chi connectivity index (χ3v) is 15.2. The molecular weight excluding hydrogens is 786 g/mol. The summed E-state index contributed by atoms with van der Waals surface area (Å²) in [5.74, 6) is 0.591. The number of imide groups is 1. The van der Waals surface area contributed by atoms with Gasteiger partial charge >= 0.3 is 6.03 Å². The van der Waals surface area contributed by atoms with Crippen molar-refractivity contribution in [3.63, 3.8) is 0 Å². The van der Waals surface area contributed by atoms with Gasteiger partial charge in [-0.05, 0) is 143 Å². The SMILES string of the molecule is C[C@@H]1CC2(CCN(c3ccc(C(=O)N4CCC(CN5CCC(N6CCN(c7ccc(N8CCC(=O)NC8=O)cc7)CC6)CC5)CC4)cc3)CC2)CN1c1ccc(C#N)c(Cl)c1. The Bertz CT molecular complexity index is 2090. The Hall–Kier alpha value is -4.83. The van der Waals surface area contributed by atoms with Crippen LogP contribution in [0.15, 0.2) is 66.7 Å². The molecule has 0 saturated carbocycles. The molecule has 3 aromatic rings. The van der Waals surface area contributed by atoms with E-state index in [2.05, 4.69) is 72.0 Å². The van der Waals surface area contributed by atoms with E-state index in [4.69, 9.17) is 11.6 Å². The van der Waals surface area contributed by atoms with E-state index in [1.807, 2.05) is 42.5 Å². The van der Waals surface area contributed by atoms with Crippen LogP contribution in [0.1, 0.15) is 74.2 Å². The summed E-state index contributed by atoms with van der Waals surface area (Å²) in [5.41, 5.74) is 5.91. The van der Waals surface area contributed by atoms with E-state index < -0.39 is 0 Å². The fourth-order valence-electron chi connectivity index (χ4n) is 11.2. The van der Waals surface area contributed by atoms with E-state index in [0.29, 0.717) is 41.6 Å². The molecule has 6 aliphatic heterocycles. The summed E-state index contributed by atoms with van der Waals surface area (Å²) in [7, 11) is 0. The lowest BCUT2D eigenvalue weighted by Gasteiger charge is -2.44. The number of nitriles is 1. The molecule has 9 rings (SSSR count). The Kier molecular flexibility index (Phi) is 12.2. The number of urea groups is 1. The van der Waals surface area contributed by atoms with Crippen LogP contribution in [-0.2, 0) is 4.79 Å². The number of carbonyl (C=O) groups is 3. The fraction of sp³-hybridized carbons (Fsp3) is 0.542. The van der Waals surface area contributed by atoms with Crippen molar-refractivity contribution in [2.45, 2.75) is 70.4 Å². The number of piperazine rings is 1. The van der Waals surface area contributed by atoms with Crippen molar-refractivity contribution in [3.05, 3.63) is 82.9 Å². The van der Waals surface area contributed by atoms with Gasteiger partial charge < -0.3 is 24.5 Å². The van der Waals surface area contributed by atoms with Gasteiger partial charge in [0.05, 0.1) is 10.6 Å². The van der Waals surface area contributed by atoms with E-state index in [-0.39, 0.29) is 23.3 Å². The van der Waals surface area contributed by atoms with E-state index in [0.717, 1.165) is 128 Å². The molecule has 1 N–H and O–H groups in total. The van der Waals surface area contributed by atoms with Gasteiger partial charge in [-0.1, -0.05) is 11.6 Å². The molecule has 0 radical (unpaired) electrons. The van der Waals surface area contributed by atoms with E-state index in [1.165, 1.54) is 24.2 Å². The second kappa shape index (κ2) is 17.9. The summed E-state index contributed by atoms with van der Waals surface area (Å²) in [6.45, 7) is 15.0. The van der Waals surface area contributed by atoms with Crippen molar-refractivity contribution in [2.24, 2.45) is 11.3 Å². The molecule has 1 spiro atoms. The first-order valence-electron chi connectivity index (χ1n) is 22.7. The molecule has 6 aliphatic rings. The van der Waals surface area contributed by atoms with Crippen molar-refractivity contribution in [3.8, 4) is 6.07 Å². The molecule has 61 heavy (non-hydrogen) atoms. The number of carbonyl (C=O) groups excluding carboxylic acids is 3. The predicted octanol–water partition coefficient (Wildman–Crippen LogP) is 6.68. The maximum atomic E-state index is 13.6. The molecule has 3 aromatic carbocycles. The lowest BCUT2D eigenvalue weighted by atomic mass is 9.76. The van der Waals surface area contributed by atoms with Crippen molar-refractivity contribution in [2.75, 3.05) is 105 Å². The smallest absolute Gasteiger partial charge is 0.328 e. The summed E-state index contributed by atoms with van der Waals surface area (Å²) in [6, 6.07) is 25.2. The number of rotatable bonds is 8. The van der Waals surface area contributed by atoms with Crippen LogP contribution in [0.5, 0.6) is 0 Å². The molecule has 322 valence electrons. The van der Waals surface area contributed by atoms with Crippen LogP contribution >= 0.6 is 11.6 Å². The summed E-state index contributed by atoms with van der Waals surface area (Å²) in [5, 5.41) is 12.2. The van der Waals surface area contributed by atoms with Crippen molar-refractivity contribution >= 4 is 52.2 Å². The number of likely N-dealkylation sites (tertiary alicyclic amines) is 2. The number of halogens is 1. The van der Waals surface area contributed by atoms with Gasteiger partial charge in [0, 0.05) is 119 Å². The number of nitrogens with one attached hydrogen (secondary N) is 1. The Morgan fingerprint density at radius 2 is 1.39 bits per heavy atom. The van der Waals surface area contributed by atoms with Crippen molar-refractivity contribution in [1.82, 2.24) is 20.0 Å². The average Bonchev–Trinajstić information content (AvgIpc) is 3.61. The van der Waals surface area contributed by atoms with Gasteiger partial charge in [0.25, 0.3) is 5.91 Å². The van der Waals surface area contributed by atoms with Gasteiger partial charge in [0.15, 0.2) is 0 Å². The quantitative estimate of drug-likeness (QED) is 0.266. The number of hydrogen-bond donors (Lipinski definition) is 1. The average molecular weight is 847 g/mol. The van der Waals surface area contributed by atoms with Crippen LogP contribution in [-0.4, -0.2) is 130 Å². The highest BCUT2D eigenvalue weighted by Gasteiger charge is 2.44. The third kappa shape index (κ3) is 9.06. The van der Waals surface area contributed by atoms with Gasteiger partial charge in [-0.15, -0.1) is 0 Å². The molecule has 6 fully saturated rings.